The quantitative estimate of drug-likeness (QED) is 0.410. The van der Waals surface area contributed by atoms with E-state index in [9.17, 15) is 17.6 Å². The summed E-state index contributed by atoms with van der Waals surface area (Å²) in [6.07, 6.45) is 1.24. The lowest BCUT2D eigenvalue weighted by molar-refractivity contribution is 0.274. The first-order valence-corrected chi connectivity index (χ1v) is 4.09. The SMILES string of the molecule is Fc1cc(OC2CC2)c(F)c(F)c1F. The molecule has 1 aromatic rings. The molecule has 1 fully saturated rings. The van der Waals surface area contributed by atoms with Gasteiger partial charge in [0.15, 0.2) is 17.4 Å². The maximum Gasteiger partial charge on any atom is 0.203 e. The highest BCUT2D eigenvalue weighted by atomic mass is 19.2. The number of benzene rings is 1. The van der Waals surface area contributed by atoms with Gasteiger partial charge in [0.25, 0.3) is 0 Å². The van der Waals surface area contributed by atoms with E-state index in [2.05, 4.69) is 0 Å². The normalized spacial score (nSPS) is 15.7. The van der Waals surface area contributed by atoms with Gasteiger partial charge in [-0.2, -0.15) is 4.39 Å². The summed E-state index contributed by atoms with van der Waals surface area (Å²) in [7, 11) is 0. The summed E-state index contributed by atoms with van der Waals surface area (Å²) in [6.45, 7) is 0. The van der Waals surface area contributed by atoms with Crippen molar-refractivity contribution in [2.45, 2.75) is 18.9 Å². The van der Waals surface area contributed by atoms with Crippen molar-refractivity contribution in [2.24, 2.45) is 0 Å². The van der Waals surface area contributed by atoms with Gasteiger partial charge in [-0.05, 0) is 12.8 Å². The number of halogens is 4. The van der Waals surface area contributed by atoms with Gasteiger partial charge in [-0.25, -0.2) is 13.2 Å². The van der Waals surface area contributed by atoms with Gasteiger partial charge >= 0.3 is 0 Å². The van der Waals surface area contributed by atoms with Crippen molar-refractivity contribution in [1.82, 2.24) is 0 Å². The standard InChI is InChI=1S/C9H6F4O/c10-5-3-6(14-4-1-2-4)8(12)9(13)7(5)11/h3-4H,1-2H2. The van der Waals surface area contributed by atoms with Crippen molar-refractivity contribution in [1.29, 1.82) is 0 Å². The fourth-order valence-electron chi connectivity index (χ4n) is 1.00. The maximum absolute atomic E-state index is 12.9. The fraction of sp³-hybridized carbons (Fsp3) is 0.333. The van der Waals surface area contributed by atoms with Crippen LogP contribution in [0.15, 0.2) is 6.07 Å². The van der Waals surface area contributed by atoms with Gasteiger partial charge in [-0.15, -0.1) is 0 Å². The molecule has 1 aliphatic carbocycles. The van der Waals surface area contributed by atoms with Crippen LogP contribution in [0.25, 0.3) is 0 Å². The van der Waals surface area contributed by atoms with Gasteiger partial charge < -0.3 is 4.74 Å². The molecule has 1 saturated carbocycles. The molecule has 0 unspecified atom stereocenters. The summed E-state index contributed by atoms with van der Waals surface area (Å²) >= 11 is 0. The second-order valence-electron chi connectivity index (χ2n) is 3.12. The molecular weight excluding hydrogens is 200 g/mol. The Morgan fingerprint density at radius 1 is 1.00 bits per heavy atom. The fourth-order valence-corrected chi connectivity index (χ4v) is 1.00. The zero-order chi connectivity index (χ0) is 10.3. The smallest absolute Gasteiger partial charge is 0.203 e. The molecule has 0 N–H and O–H groups in total. The minimum absolute atomic E-state index is 0.200. The third-order valence-corrected chi connectivity index (χ3v) is 1.89. The summed E-state index contributed by atoms with van der Waals surface area (Å²) < 4.78 is 55.5. The summed E-state index contributed by atoms with van der Waals surface area (Å²) in [5, 5.41) is 0. The van der Waals surface area contributed by atoms with E-state index in [4.69, 9.17) is 4.74 Å². The number of rotatable bonds is 2. The van der Waals surface area contributed by atoms with Crippen LogP contribution in [0.5, 0.6) is 5.75 Å². The molecule has 0 amide bonds. The highest BCUT2D eigenvalue weighted by molar-refractivity contribution is 5.28. The van der Waals surface area contributed by atoms with Crippen LogP contribution in [0.1, 0.15) is 12.8 Å². The lowest BCUT2D eigenvalue weighted by Crippen LogP contribution is -2.03. The van der Waals surface area contributed by atoms with Crippen molar-refractivity contribution in [3.8, 4) is 5.75 Å². The van der Waals surface area contributed by atoms with Crippen molar-refractivity contribution in [3.63, 3.8) is 0 Å². The molecule has 1 nitrogen and oxygen atoms in total. The molecule has 0 aromatic heterocycles. The molecular formula is C9H6F4O. The molecule has 0 atom stereocenters. The van der Waals surface area contributed by atoms with Gasteiger partial charge in [0.2, 0.25) is 11.6 Å². The van der Waals surface area contributed by atoms with E-state index in [1.165, 1.54) is 0 Å². The van der Waals surface area contributed by atoms with E-state index in [1.807, 2.05) is 0 Å². The molecule has 5 heteroatoms. The summed E-state index contributed by atoms with van der Waals surface area (Å²) in [5.41, 5.74) is 0. The Bertz CT molecular complexity index is 374. The first-order valence-electron chi connectivity index (χ1n) is 4.09. The predicted molar refractivity (Wildman–Crippen MR) is 39.9 cm³/mol. The van der Waals surface area contributed by atoms with Crippen LogP contribution in [-0.4, -0.2) is 6.10 Å². The molecule has 1 aliphatic rings. The molecule has 76 valence electrons. The molecule has 0 saturated heterocycles. The topological polar surface area (TPSA) is 9.23 Å². The first-order chi connectivity index (χ1) is 6.59. The second kappa shape index (κ2) is 3.15. The van der Waals surface area contributed by atoms with E-state index in [1.54, 1.807) is 0 Å². The van der Waals surface area contributed by atoms with Crippen LogP contribution < -0.4 is 4.74 Å². The molecule has 0 spiro atoms. The predicted octanol–water partition coefficient (Wildman–Crippen LogP) is 2.78. The molecule has 14 heavy (non-hydrogen) atoms. The van der Waals surface area contributed by atoms with Gasteiger partial charge in [0.05, 0.1) is 6.10 Å². The van der Waals surface area contributed by atoms with Gasteiger partial charge in [-0.1, -0.05) is 0 Å². The van der Waals surface area contributed by atoms with E-state index >= 15 is 0 Å². The highest BCUT2D eigenvalue weighted by Gasteiger charge is 2.27. The van der Waals surface area contributed by atoms with Crippen LogP contribution in [0.4, 0.5) is 17.6 Å². The van der Waals surface area contributed by atoms with Crippen LogP contribution in [0.2, 0.25) is 0 Å². The number of hydrogen-bond donors (Lipinski definition) is 0. The number of hydrogen-bond acceptors (Lipinski definition) is 1. The molecule has 0 radical (unpaired) electrons. The van der Waals surface area contributed by atoms with E-state index in [0.717, 1.165) is 12.8 Å². The van der Waals surface area contributed by atoms with Gasteiger partial charge in [0.1, 0.15) is 0 Å². The average molecular weight is 206 g/mol. The lowest BCUT2D eigenvalue weighted by Gasteiger charge is -2.06. The molecule has 0 aliphatic heterocycles. The minimum atomic E-state index is -1.83. The van der Waals surface area contributed by atoms with E-state index in [-0.39, 0.29) is 6.10 Å². The first kappa shape index (κ1) is 9.30. The molecule has 2 rings (SSSR count). The maximum atomic E-state index is 12.9. The Labute approximate surface area is 77.3 Å². The second-order valence-corrected chi connectivity index (χ2v) is 3.12. The van der Waals surface area contributed by atoms with Crippen molar-refractivity contribution < 1.29 is 22.3 Å². The summed E-state index contributed by atoms with van der Waals surface area (Å²) in [4.78, 5) is 0. The zero-order valence-electron chi connectivity index (χ0n) is 6.99. The van der Waals surface area contributed by atoms with E-state index < -0.39 is 29.0 Å². The lowest BCUT2D eigenvalue weighted by atomic mass is 10.3. The Balaban J connectivity index is 2.38. The Kier molecular flexibility index (Phi) is 2.09. The van der Waals surface area contributed by atoms with Crippen LogP contribution >= 0.6 is 0 Å². The Morgan fingerprint density at radius 2 is 1.64 bits per heavy atom. The third-order valence-electron chi connectivity index (χ3n) is 1.89. The zero-order valence-corrected chi connectivity index (χ0v) is 6.99. The monoisotopic (exact) mass is 206 g/mol. The highest BCUT2D eigenvalue weighted by Crippen LogP contribution is 2.31. The Morgan fingerprint density at radius 3 is 2.21 bits per heavy atom. The molecule has 1 aromatic carbocycles. The number of ether oxygens (including phenoxy) is 1. The Hall–Kier alpha value is -1.26. The van der Waals surface area contributed by atoms with Crippen molar-refractivity contribution in [2.75, 3.05) is 0 Å². The van der Waals surface area contributed by atoms with Gasteiger partial charge in [0, 0.05) is 6.07 Å². The largest absolute Gasteiger partial charge is 0.487 e. The van der Waals surface area contributed by atoms with Crippen molar-refractivity contribution in [3.05, 3.63) is 29.3 Å². The van der Waals surface area contributed by atoms with Crippen LogP contribution in [0, 0.1) is 23.3 Å². The molecule has 0 bridgehead atoms. The average Bonchev–Trinajstić information content (AvgIpc) is 2.94. The minimum Gasteiger partial charge on any atom is -0.487 e. The third kappa shape index (κ3) is 1.54. The summed E-state index contributed by atoms with van der Waals surface area (Å²) in [5.74, 6) is -7.13. The van der Waals surface area contributed by atoms with Crippen LogP contribution in [0.3, 0.4) is 0 Å². The van der Waals surface area contributed by atoms with Crippen molar-refractivity contribution >= 4 is 0 Å². The molecule has 0 heterocycles. The van der Waals surface area contributed by atoms with E-state index in [0.29, 0.717) is 6.07 Å². The summed E-state index contributed by atoms with van der Waals surface area (Å²) in [6, 6.07) is 0.520. The van der Waals surface area contributed by atoms with Crippen LogP contribution in [-0.2, 0) is 0 Å². The van der Waals surface area contributed by atoms with Gasteiger partial charge in [-0.3, -0.25) is 0 Å².